The standard InChI is InChI=1S/C12H15BF4NO2/c14-10-1-2-12(11(9-10)13(15,16)17)20-8-5-18-3-6-19-7-4-18/h1-2,9H,3-8H2/q-1. The van der Waals surface area contributed by atoms with Crippen molar-refractivity contribution in [3.05, 3.63) is 24.0 Å². The molecule has 112 valence electrons. The summed E-state index contributed by atoms with van der Waals surface area (Å²) in [5.74, 6) is -1.23. The van der Waals surface area contributed by atoms with Crippen molar-refractivity contribution >= 4 is 12.4 Å². The predicted octanol–water partition coefficient (Wildman–Crippen LogP) is 1.59. The van der Waals surface area contributed by atoms with E-state index in [2.05, 4.69) is 0 Å². The Labute approximate surface area is 114 Å². The minimum atomic E-state index is -5.29. The van der Waals surface area contributed by atoms with E-state index in [1.807, 2.05) is 4.90 Å². The fourth-order valence-electron chi connectivity index (χ4n) is 2.02. The smallest absolute Gasteiger partial charge is 0.495 e. The number of ether oxygens (including phenoxy) is 2. The first-order valence-corrected chi connectivity index (χ1v) is 6.39. The zero-order valence-corrected chi connectivity index (χ0v) is 10.8. The minimum absolute atomic E-state index is 0.130. The first-order valence-electron chi connectivity index (χ1n) is 6.39. The summed E-state index contributed by atoms with van der Waals surface area (Å²) in [7, 11) is 0. The monoisotopic (exact) mass is 292 g/mol. The van der Waals surface area contributed by atoms with Gasteiger partial charge < -0.3 is 22.4 Å². The zero-order chi connectivity index (χ0) is 14.6. The van der Waals surface area contributed by atoms with Gasteiger partial charge in [-0.15, -0.1) is 0 Å². The summed E-state index contributed by atoms with van der Waals surface area (Å²) < 4.78 is 61.7. The van der Waals surface area contributed by atoms with E-state index in [0.717, 1.165) is 25.2 Å². The normalized spacial score (nSPS) is 17.2. The largest absolute Gasteiger partial charge is 0.513 e. The molecule has 0 aromatic heterocycles. The third-order valence-electron chi connectivity index (χ3n) is 3.09. The van der Waals surface area contributed by atoms with Crippen molar-refractivity contribution in [2.75, 3.05) is 39.5 Å². The average molecular weight is 292 g/mol. The lowest BCUT2D eigenvalue weighted by molar-refractivity contribution is 0.0323. The highest BCUT2D eigenvalue weighted by atomic mass is 19.4. The van der Waals surface area contributed by atoms with Gasteiger partial charge in [0.25, 0.3) is 0 Å². The second kappa shape index (κ2) is 6.45. The van der Waals surface area contributed by atoms with Crippen molar-refractivity contribution in [1.29, 1.82) is 0 Å². The van der Waals surface area contributed by atoms with Crippen LogP contribution in [0.2, 0.25) is 0 Å². The number of benzene rings is 1. The van der Waals surface area contributed by atoms with E-state index in [1.165, 1.54) is 0 Å². The molecule has 1 fully saturated rings. The number of rotatable bonds is 5. The van der Waals surface area contributed by atoms with Gasteiger partial charge in [0.2, 0.25) is 0 Å². The Bertz CT molecular complexity index is 450. The van der Waals surface area contributed by atoms with E-state index in [9.17, 15) is 17.3 Å². The Balaban J connectivity index is 1.95. The molecule has 0 saturated carbocycles. The van der Waals surface area contributed by atoms with Crippen molar-refractivity contribution in [1.82, 2.24) is 4.90 Å². The Morgan fingerprint density at radius 2 is 1.90 bits per heavy atom. The average Bonchev–Trinajstić information content (AvgIpc) is 2.40. The molecule has 0 radical (unpaired) electrons. The molecule has 3 nitrogen and oxygen atoms in total. The first-order chi connectivity index (χ1) is 9.47. The SMILES string of the molecule is Fc1ccc(OCCN2CCOCC2)c([B-](F)(F)F)c1. The fraction of sp³-hybridized carbons (Fsp3) is 0.500. The van der Waals surface area contributed by atoms with Crippen LogP contribution in [-0.4, -0.2) is 51.3 Å². The zero-order valence-electron chi connectivity index (χ0n) is 10.8. The molecule has 1 aromatic rings. The summed E-state index contributed by atoms with van der Waals surface area (Å²) in [6.07, 6.45) is 0. The highest BCUT2D eigenvalue weighted by Crippen LogP contribution is 2.18. The highest BCUT2D eigenvalue weighted by molar-refractivity contribution is 6.74. The number of morpholine rings is 1. The molecule has 0 N–H and O–H groups in total. The lowest BCUT2D eigenvalue weighted by Gasteiger charge is -2.27. The Morgan fingerprint density at radius 1 is 1.20 bits per heavy atom. The number of nitrogens with zero attached hydrogens (tertiary/aromatic N) is 1. The first kappa shape index (κ1) is 15.1. The third kappa shape index (κ3) is 4.11. The molecule has 8 heteroatoms. The van der Waals surface area contributed by atoms with Crippen LogP contribution in [0.1, 0.15) is 0 Å². The second-order valence-corrected chi connectivity index (χ2v) is 4.56. The molecule has 1 aliphatic heterocycles. The van der Waals surface area contributed by atoms with Crippen LogP contribution in [0, 0.1) is 5.82 Å². The minimum Gasteiger partial charge on any atom is -0.495 e. The maximum Gasteiger partial charge on any atom is 0.513 e. The maximum atomic E-state index is 12.9. The molecule has 20 heavy (non-hydrogen) atoms. The van der Waals surface area contributed by atoms with Gasteiger partial charge in [-0.25, -0.2) is 4.39 Å². The molecule has 0 bridgehead atoms. The number of halogens is 4. The summed E-state index contributed by atoms with van der Waals surface area (Å²) in [6, 6.07) is 2.47. The van der Waals surface area contributed by atoms with Crippen molar-refractivity contribution in [3.63, 3.8) is 0 Å². The van der Waals surface area contributed by atoms with Gasteiger partial charge >= 0.3 is 6.98 Å². The van der Waals surface area contributed by atoms with Crippen LogP contribution in [0.3, 0.4) is 0 Å². The van der Waals surface area contributed by atoms with Gasteiger partial charge in [0.05, 0.1) is 19.0 Å². The van der Waals surface area contributed by atoms with E-state index in [-0.39, 0.29) is 12.4 Å². The van der Waals surface area contributed by atoms with Crippen LogP contribution < -0.4 is 10.2 Å². The molecular weight excluding hydrogens is 277 g/mol. The molecule has 0 spiro atoms. The van der Waals surface area contributed by atoms with E-state index >= 15 is 0 Å². The van der Waals surface area contributed by atoms with Gasteiger partial charge in [0.15, 0.2) is 0 Å². The summed E-state index contributed by atoms with van der Waals surface area (Å²) in [5, 5.41) is 0. The van der Waals surface area contributed by atoms with E-state index in [4.69, 9.17) is 9.47 Å². The van der Waals surface area contributed by atoms with Crippen molar-refractivity contribution < 1.29 is 26.8 Å². The highest BCUT2D eigenvalue weighted by Gasteiger charge is 2.29. The molecule has 1 heterocycles. The topological polar surface area (TPSA) is 21.7 Å². The van der Waals surface area contributed by atoms with Crippen molar-refractivity contribution in [2.24, 2.45) is 0 Å². The molecule has 2 rings (SSSR count). The van der Waals surface area contributed by atoms with Crippen LogP contribution in [0.25, 0.3) is 0 Å². The third-order valence-corrected chi connectivity index (χ3v) is 3.09. The van der Waals surface area contributed by atoms with E-state index in [0.29, 0.717) is 25.8 Å². The van der Waals surface area contributed by atoms with Crippen LogP contribution in [0.15, 0.2) is 18.2 Å². The van der Waals surface area contributed by atoms with Gasteiger partial charge in [-0.1, -0.05) is 5.46 Å². The Kier molecular flexibility index (Phi) is 4.88. The molecule has 0 unspecified atom stereocenters. The summed E-state index contributed by atoms with van der Waals surface area (Å²) in [6.45, 7) is -1.93. The fourth-order valence-corrected chi connectivity index (χ4v) is 2.02. The van der Waals surface area contributed by atoms with Crippen LogP contribution in [-0.2, 0) is 4.74 Å². The molecule has 0 atom stereocenters. The Morgan fingerprint density at radius 3 is 2.55 bits per heavy atom. The molecule has 1 aromatic carbocycles. The lowest BCUT2D eigenvalue weighted by atomic mass is 9.79. The molecule has 0 aliphatic carbocycles. The molecule has 1 aliphatic rings. The van der Waals surface area contributed by atoms with Crippen molar-refractivity contribution in [3.8, 4) is 5.75 Å². The van der Waals surface area contributed by atoms with Gasteiger partial charge in [-0.2, -0.15) is 0 Å². The summed E-state index contributed by atoms with van der Waals surface area (Å²) >= 11 is 0. The van der Waals surface area contributed by atoms with Gasteiger partial charge in [0, 0.05) is 19.6 Å². The molecule has 0 amide bonds. The molecular formula is C12H15BF4NO2-. The number of hydrogen-bond donors (Lipinski definition) is 0. The molecule has 1 saturated heterocycles. The number of hydrogen-bond acceptors (Lipinski definition) is 3. The Hall–Kier alpha value is -1.28. The lowest BCUT2D eigenvalue weighted by Crippen LogP contribution is -2.40. The van der Waals surface area contributed by atoms with E-state index in [1.54, 1.807) is 0 Å². The summed E-state index contributed by atoms with van der Waals surface area (Å²) in [5.41, 5.74) is -1.02. The van der Waals surface area contributed by atoms with Crippen LogP contribution in [0.5, 0.6) is 5.75 Å². The maximum absolute atomic E-state index is 12.9. The van der Waals surface area contributed by atoms with Gasteiger partial charge in [-0.05, 0) is 18.2 Å². The summed E-state index contributed by atoms with van der Waals surface area (Å²) in [4.78, 5) is 2.05. The van der Waals surface area contributed by atoms with Gasteiger partial charge in [-0.3, -0.25) is 4.90 Å². The van der Waals surface area contributed by atoms with Gasteiger partial charge in [0.1, 0.15) is 12.4 Å². The van der Waals surface area contributed by atoms with Crippen LogP contribution >= 0.6 is 0 Å². The second-order valence-electron chi connectivity index (χ2n) is 4.56. The van der Waals surface area contributed by atoms with Crippen LogP contribution in [0.4, 0.5) is 17.3 Å². The quantitative estimate of drug-likeness (QED) is 0.607. The van der Waals surface area contributed by atoms with E-state index < -0.39 is 18.3 Å². The van der Waals surface area contributed by atoms with Crippen molar-refractivity contribution in [2.45, 2.75) is 0 Å². The predicted molar refractivity (Wildman–Crippen MR) is 67.9 cm³/mol.